The zero-order valence-electron chi connectivity index (χ0n) is 14.7. The molecule has 0 spiro atoms. The van der Waals surface area contributed by atoms with Crippen LogP contribution in [-0.4, -0.2) is 47.0 Å². The Labute approximate surface area is 145 Å². The van der Waals surface area contributed by atoms with E-state index in [1.54, 1.807) is 20.8 Å². The fourth-order valence-electron chi connectivity index (χ4n) is 2.07. The number of carboxylic acid groups (broad SMARTS) is 1. The molecule has 138 valence electrons. The van der Waals surface area contributed by atoms with Crippen LogP contribution in [0, 0.1) is 0 Å². The van der Waals surface area contributed by atoms with Gasteiger partial charge in [0.25, 0.3) is 0 Å². The third kappa shape index (κ3) is 7.11. The Morgan fingerprint density at radius 2 is 1.84 bits per heavy atom. The van der Waals surface area contributed by atoms with E-state index in [1.807, 2.05) is 0 Å². The molecule has 1 amide bonds. The van der Waals surface area contributed by atoms with Gasteiger partial charge in [-0.05, 0) is 44.0 Å². The molecular formula is C17H23NO7. The van der Waals surface area contributed by atoms with E-state index >= 15 is 0 Å². The molecule has 1 aromatic carbocycles. The Morgan fingerprint density at radius 3 is 2.36 bits per heavy atom. The van der Waals surface area contributed by atoms with E-state index < -0.39 is 29.7 Å². The zero-order valence-corrected chi connectivity index (χ0v) is 14.7. The van der Waals surface area contributed by atoms with E-state index in [2.05, 4.69) is 10.1 Å². The first-order valence-corrected chi connectivity index (χ1v) is 7.61. The van der Waals surface area contributed by atoms with Gasteiger partial charge in [-0.3, -0.25) is 4.79 Å². The lowest BCUT2D eigenvalue weighted by Gasteiger charge is -2.22. The van der Waals surface area contributed by atoms with Crippen LogP contribution in [0.25, 0.3) is 0 Å². The molecule has 0 aliphatic heterocycles. The monoisotopic (exact) mass is 353 g/mol. The van der Waals surface area contributed by atoms with E-state index in [1.165, 1.54) is 25.3 Å². The third-order valence-corrected chi connectivity index (χ3v) is 3.17. The second kappa shape index (κ2) is 8.36. The van der Waals surface area contributed by atoms with Gasteiger partial charge in [-0.2, -0.15) is 0 Å². The number of phenolic OH excluding ortho intramolecular Hbond substituents is 1. The first-order valence-electron chi connectivity index (χ1n) is 7.61. The number of amides is 1. The maximum absolute atomic E-state index is 11.8. The molecule has 8 heteroatoms. The minimum absolute atomic E-state index is 0.0605. The van der Waals surface area contributed by atoms with Crippen molar-refractivity contribution >= 4 is 18.0 Å². The van der Waals surface area contributed by atoms with Crippen molar-refractivity contribution in [1.82, 2.24) is 5.32 Å². The van der Waals surface area contributed by atoms with Gasteiger partial charge in [-0.1, -0.05) is 6.07 Å². The summed E-state index contributed by atoms with van der Waals surface area (Å²) >= 11 is 0. The average molecular weight is 353 g/mol. The normalized spacial score (nSPS) is 12.2. The van der Waals surface area contributed by atoms with Crippen LogP contribution in [-0.2, 0) is 31.9 Å². The number of hydrogen-bond donors (Lipinski definition) is 3. The first-order chi connectivity index (χ1) is 11.5. The second-order valence-corrected chi connectivity index (χ2v) is 6.45. The summed E-state index contributed by atoms with van der Waals surface area (Å²) in [5.74, 6) is -1.84. The van der Waals surface area contributed by atoms with Gasteiger partial charge >= 0.3 is 18.0 Å². The average Bonchev–Trinajstić information content (AvgIpc) is 2.46. The van der Waals surface area contributed by atoms with Crippen LogP contribution in [0.2, 0.25) is 0 Å². The van der Waals surface area contributed by atoms with Gasteiger partial charge in [-0.15, -0.1) is 0 Å². The number of ether oxygens (including phenoxy) is 2. The second-order valence-electron chi connectivity index (χ2n) is 6.45. The van der Waals surface area contributed by atoms with E-state index in [0.29, 0.717) is 11.1 Å². The number of alkyl carbamates (subject to hydrolysis) is 1. The van der Waals surface area contributed by atoms with Crippen LogP contribution in [0.15, 0.2) is 18.2 Å². The minimum atomic E-state index is -1.25. The number of carbonyl (C=O) groups is 3. The number of esters is 1. The van der Waals surface area contributed by atoms with Gasteiger partial charge < -0.3 is 25.0 Å². The van der Waals surface area contributed by atoms with Crippen molar-refractivity contribution in [3.05, 3.63) is 29.3 Å². The highest BCUT2D eigenvalue weighted by Gasteiger charge is 2.25. The molecule has 0 saturated heterocycles. The van der Waals surface area contributed by atoms with Crippen molar-refractivity contribution in [3.8, 4) is 5.75 Å². The summed E-state index contributed by atoms with van der Waals surface area (Å²) < 4.78 is 9.65. The molecule has 8 nitrogen and oxygen atoms in total. The van der Waals surface area contributed by atoms with Gasteiger partial charge in [0.1, 0.15) is 17.4 Å². The highest BCUT2D eigenvalue weighted by atomic mass is 16.6. The first kappa shape index (κ1) is 20.3. The summed E-state index contributed by atoms with van der Waals surface area (Å²) in [6.45, 7) is 4.99. The molecule has 0 aliphatic carbocycles. The standard InChI is InChI=1S/C17H23NO7/c1-17(2,3)25-16(23)18-13(15(21)22)8-10-5-6-12(19)7-11(10)9-14(20)24-4/h5-7,13,19H,8-9H2,1-4H3,(H,18,23)(H,21,22)/t13-/m0/s1. The largest absolute Gasteiger partial charge is 0.508 e. The Balaban J connectivity index is 2.96. The molecule has 0 fully saturated rings. The number of rotatable bonds is 6. The van der Waals surface area contributed by atoms with E-state index in [0.717, 1.165) is 0 Å². The number of carboxylic acids is 1. The Bertz CT molecular complexity index is 649. The van der Waals surface area contributed by atoms with Crippen LogP contribution in [0.4, 0.5) is 4.79 Å². The molecule has 3 N–H and O–H groups in total. The molecule has 0 heterocycles. The highest BCUT2D eigenvalue weighted by molar-refractivity contribution is 5.80. The van der Waals surface area contributed by atoms with E-state index in [4.69, 9.17) is 4.74 Å². The SMILES string of the molecule is COC(=O)Cc1cc(O)ccc1C[C@H](NC(=O)OC(C)(C)C)C(=O)O. The van der Waals surface area contributed by atoms with Gasteiger partial charge in [0.2, 0.25) is 0 Å². The molecule has 0 radical (unpaired) electrons. The topological polar surface area (TPSA) is 122 Å². The van der Waals surface area contributed by atoms with E-state index in [-0.39, 0.29) is 18.6 Å². The van der Waals surface area contributed by atoms with Gasteiger partial charge in [0.05, 0.1) is 13.5 Å². The van der Waals surface area contributed by atoms with Crippen LogP contribution >= 0.6 is 0 Å². The lowest BCUT2D eigenvalue weighted by molar-refractivity contribution is -0.140. The summed E-state index contributed by atoms with van der Waals surface area (Å²) in [5, 5.41) is 21.2. The van der Waals surface area contributed by atoms with Gasteiger partial charge in [0.15, 0.2) is 0 Å². The molecular weight excluding hydrogens is 330 g/mol. The third-order valence-electron chi connectivity index (χ3n) is 3.17. The van der Waals surface area contributed by atoms with Crippen LogP contribution < -0.4 is 5.32 Å². The van der Waals surface area contributed by atoms with Crippen molar-refractivity contribution in [1.29, 1.82) is 0 Å². The summed E-state index contributed by atoms with van der Waals surface area (Å²) in [6.07, 6.45) is -1.06. The molecule has 0 aromatic heterocycles. The lowest BCUT2D eigenvalue weighted by atomic mass is 9.98. The number of hydrogen-bond acceptors (Lipinski definition) is 6. The number of carbonyl (C=O) groups excluding carboxylic acids is 2. The summed E-state index contributed by atoms with van der Waals surface area (Å²) in [4.78, 5) is 34.8. The van der Waals surface area contributed by atoms with E-state index in [9.17, 15) is 24.6 Å². The van der Waals surface area contributed by atoms with Crippen molar-refractivity contribution in [2.45, 2.75) is 45.3 Å². The summed E-state index contributed by atoms with van der Waals surface area (Å²) in [6, 6.07) is 2.98. The minimum Gasteiger partial charge on any atom is -0.508 e. The fourth-order valence-corrected chi connectivity index (χ4v) is 2.07. The van der Waals surface area contributed by atoms with Crippen LogP contribution in [0.1, 0.15) is 31.9 Å². The highest BCUT2D eigenvalue weighted by Crippen LogP contribution is 2.19. The van der Waals surface area contributed by atoms with Crippen molar-refractivity contribution in [3.63, 3.8) is 0 Å². The van der Waals surface area contributed by atoms with Gasteiger partial charge in [-0.25, -0.2) is 9.59 Å². The number of methoxy groups -OCH3 is 1. The number of aromatic hydroxyl groups is 1. The molecule has 0 unspecified atom stereocenters. The van der Waals surface area contributed by atoms with Crippen molar-refractivity contribution < 1.29 is 34.1 Å². The van der Waals surface area contributed by atoms with Crippen LogP contribution in [0.5, 0.6) is 5.75 Å². The van der Waals surface area contributed by atoms with Gasteiger partial charge in [0, 0.05) is 6.42 Å². The Hall–Kier alpha value is -2.77. The number of phenols is 1. The quantitative estimate of drug-likeness (QED) is 0.664. The van der Waals surface area contributed by atoms with Crippen LogP contribution in [0.3, 0.4) is 0 Å². The number of aliphatic carboxylic acids is 1. The predicted octanol–water partition coefficient (Wildman–Crippen LogP) is 1.63. The smallest absolute Gasteiger partial charge is 0.408 e. The summed E-state index contributed by atoms with van der Waals surface area (Å²) in [7, 11) is 1.23. The zero-order chi connectivity index (χ0) is 19.2. The maximum atomic E-state index is 11.8. The molecule has 1 rings (SSSR count). The molecule has 0 aliphatic rings. The Kier molecular flexibility index (Phi) is 6.78. The lowest BCUT2D eigenvalue weighted by Crippen LogP contribution is -2.44. The predicted molar refractivity (Wildman–Crippen MR) is 88.3 cm³/mol. The molecule has 25 heavy (non-hydrogen) atoms. The maximum Gasteiger partial charge on any atom is 0.408 e. The fraction of sp³-hybridized carbons (Fsp3) is 0.471. The molecule has 0 bridgehead atoms. The Morgan fingerprint density at radius 1 is 1.20 bits per heavy atom. The van der Waals surface area contributed by atoms with Crippen molar-refractivity contribution in [2.24, 2.45) is 0 Å². The van der Waals surface area contributed by atoms with Crippen molar-refractivity contribution in [2.75, 3.05) is 7.11 Å². The molecule has 1 aromatic rings. The summed E-state index contributed by atoms with van der Waals surface area (Å²) in [5.41, 5.74) is 0.151. The number of nitrogens with one attached hydrogen (secondary N) is 1. The molecule has 0 saturated carbocycles. The number of benzene rings is 1. The molecule has 1 atom stereocenters.